The molecule has 1 aliphatic rings. The first kappa shape index (κ1) is 13.5. The lowest BCUT2D eigenvalue weighted by Gasteiger charge is -2.14. The summed E-state index contributed by atoms with van der Waals surface area (Å²) in [4.78, 5) is 12.0. The number of hydrogen-bond donors (Lipinski definition) is 2. The van der Waals surface area contributed by atoms with Crippen LogP contribution >= 0.6 is 0 Å². The minimum absolute atomic E-state index is 0.154. The van der Waals surface area contributed by atoms with Crippen LogP contribution in [0, 0.1) is 6.92 Å². The number of carbonyl (C=O) groups excluding carboxylic acids is 1. The molecule has 0 spiro atoms. The Labute approximate surface area is 122 Å². The van der Waals surface area contributed by atoms with Crippen molar-refractivity contribution in [2.75, 3.05) is 5.32 Å². The standard InChI is InChI=1S/C14H18N6O/c1-10-6-7-12(20-9-15-18-19-20)8-13(10)17-14(21)16-11-4-2-3-5-11/h6-9,11H,2-5H2,1H3,(H2,16,17,21). The zero-order valence-electron chi connectivity index (χ0n) is 11.9. The van der Waals surface area contributed by atoms with Crippen molar-refractivity contribution in [1.29, 1.82) is 0 Å². The molecule has 0 atom stereocenters. The molecule has 1 fully saturated rings. The van der Waals surface area contributed by atoms with Crippen LogP contribution in [-0.4, -0.2) is 32.3 Å². The minimum atomic E-state index is -0.154. The van der Waals surface area contributed by atoms with E-state index in [2.05, 4.69) is 26.2 Å². The largest absolute Gasteiger partial charge is 0.335 e. The summed E-state index contributed by atoms with van der Waals surface area (Å²) >= 11 is 0. The average molecular weight is 286 g/mol. The Morgan fingerprint density at radius 3 is 2.86 bits per heavy atom. The van der Waals surface area contributed by atoms with E-state index >= 15 is 0 Å². The predicted molar refractivity (Wildman–Crippen MR) is 78.3 cm³/mol. The number of anilines is 1. The molecule has 1 aromatic carbocycles. The highest BCUT2D eigenvalue weighted by Gasteiger charge is 2.17. The molecule has 0 unspecified atom stereocenters. The summed E-state index contributed by atoms with van der Waals surface area (Å²) in [6, 6.07) is 5.85. The van der Waals surface area contributed by atoms with E-state index < -0.39 is 0 Å². The molecule has 110 valence electrons. The number of aromatic nitrogens is 4. The fraction of sp³-hybridized carbons (Fsp3) is 0.429. The third-order valence-corrected chi connectivity index (χ3v) is 3.77. The number of tetrazole rings is 1. The van der Waals surface area contributed by atoms with Crippen LogP contribution < -0.4 is 10.6 Å². The van der Waals surface area contributed by atoms with Crippen molar-refractivity contribution in [2.24, 2.45) is 0 Å². The van der Waals surface area contributed by atoms with Gasteiger partial charge in [-0.2, -0.15) is 0 Å². The molecule has 1 saturated carbocycles. The van der Waals surface area contributed by atoms with Gasteiger partial charge >= 0.3 is 6.03 Å². The van der Waals surface area contributed by atoms with Crippen LogP contribution in [0.25, 0.3) is 5.69 Å². The number of nitrogens with zero attached hydrogens (tertiary/aromatic N) is 4. The van der Waals surface area contributed by atoms with Crippen molar-refractivity contribution in [3.63, 3.8) is 0 Å². The lowest BCUT2D eigenvalue weighted by Crippen LogP contribution is -2.36. The zero-order chi connectivity index (χ0) is 14.7. The maximum atomic E-state index is 12.0. The van der Waals surface area contributed by atoms with Gasteiger partial charge in [-0.05, 0) is 47.9 Å². The minimum Gasteiger partial charge on any atom is -0.335 e. The Morgan fingerprint density at radius 2 is 2.14 bits per heavy atom. The fourth-order valence-electron chi connectivity index (χ4n) is 2.58. The summed E-state index contributed by atoms with van der Waals surface area (Å²) < 4.78 is 1.56. The Balaban J connectivity index is 1.72. The van der Waals surface area contributed by atoms with E-state index in [1.807, 2.05) is 25.1 Å². The van der Waals surface area contributed by atoms with Crippen LogP contribution in [0.3, 0.4) is 0 Å². The molecule has 0 saturated heterocycles. The molecular weight excluding hydrogens is 268 g/mol. The molecule has 2 N–H and O–H groups in total. The normalized spacial score (nSPS) is 15.1. The third kappa shape index (κ3) is 3.18. The van der Waals surface area contributed by atoms with E-state index in [1.165, 1.54) is 19.2 Å². The van der Waals surface area contributed by atoms with Gasteiger partial charge in [0.2, 0.25) is 0 Å². The number of benzene rings is 1. The summed E-state index contributed by atoms with van der Waals surface area (Å²) in [5, 5.41) is 17.0. The maximum absolute atomic E-state index is 12.0. The van der Waals surface area contributed by atoms with Gasteiger partial charge in [0.25, 0.3) is 0 Å². The molecule has 21 heavy (non-hydrogen) atoms. The summed E-state index contributed by atoms with van der Waals surface area (Å²) in [6.07, 6.45) is 6.04. The summed E-state index contributed by atoms with van der Waals surface area (Å²) in [5.41, 5.74) is 2.56. The van der Waals surface area contributed by atoms with Crippen molar-refractivity contribution >= 4 is 11.7 Å². The topological polar surface area (TPSA) is 84.7 Å². The van der Waals surface area contributed by atoms with E-state index in [0.29, 0.717) is 6.04 Å². The van der Waals surface area contributed by atoms with Gasteiger partial charge in [0.1, 0.15) is 6.33 Å². The Bertz CT molecular complexity index is 618. The molecule has 7 nitrogen and oxygen atoms in total. The quantitative estimate of drug-likeness (QED) is 0.904. The molecule has 1 heterocycles. The highest BCUT2D eigenvalue weighted by molar-refractivity contribution is 5.90. The van der Waals surface area contributed by atoms with Crippen LogP contribution in [0.15, 0.2) is 24.5 Å². The van der Waals surface area contributed by atoms with E-state index in [1.54, 1.807) is 4.68 Å². The van der Waals surface area contributed by atoms with Crippen LogP contribution in [0.1, 0.15) is 31.2 Å². The third-order valence-electron chi connectivity index (χ3n) is 3.77. The molecule has 0 radical (unpaired) electrons. The monoisotopic (exact) mass is 286 g/mol. The zero-order valence-corrected chi connectivity index (χ0v) is 11.9. The second-order valence-electron chi connectivity index (χ2n) is 5.33. The van der Waals surface area contributed by atoms with Gasteiger partial charge in [0.15, 0.2) is 0 Å². The number of urea groups is 1. The van der Waals surface area contributed by atoms with Gasteiger partial charge in [-0.25, -0.2) is 9.48 Å². The van der Waals surface area contributed by atoms with Crippen LogP contribution in [-0.2, 0) is 0 Å². The van der Waals surface area contributed by atoms with E-state index in [0.717, 1.165) is 29.8 Å². The SMILES string of the molecule is Cc1ccc(-n2cnnn2)cc1NC(=O)NC1CCCC1. The molecule has 2 amide bonds. The lowest BCUT2D eigenvalue weighted by atomic mass is 10.2. The smallest absolute Gasteiger partial charge is 0.319 e. The highest BCUT2D eigenvalue weighted by Crippen LogP contribution is 2.20. The number of amides is 2. The first-order valence-electron chi connectivity index (χ1n) is 7.14. The maximum Gasteiger partial charge on any atom is 0.319 e. The Kier molecular flexibility index (Phi) is 3.81. The van der Waals surface area contributed by atoms with Crippen molar-refractivity contribution in [2.45, 2.75) is 38.6 Å². The second kappa shape index (κ2) is 5.90. The molecule has 2 aromatic rings. The Hall–Kier alpha value is -2.44. The summed E-state index contributed by atoms with van der Waals surface area (Å²) in [7, 11) is 0. The molecule has 3 rings (SSSR count). The highest BCUT2D eigenvalue weighted by atomic mass is 16.2. The van der Waals surface area contributed by atoms with Gasteiger partial charge in [0.05, 0.1) is 5.69 Å². The van der Waals surface area contributed by atoms with Gasteiger partial charge in [-0.1, -0.05) is 18.9 Å². The predicted octanol–water partition coefficient (Wildman–Crippen LogP) is 2.03. The molecule has 0 aliphatic heterocycles. The van der Waals surface area contributed by atoms with E-state index in [-0.39, 0.29) is 6.03 Å². The van der Waals surface area contributed by atoms with Crippen LogP contribution in [0.5, 0.6) is 0 Å². The molecule has 0 bridgehead atoms. The molecule has 1 aromatic heterocycles. The first-order valence-corrected chi connectivity index (χ1v) is 7.14. The average Bonchev–Trinajstić information content (AvgIpc) is 3.14. The number of aryl methyl sites for hydroxylation is 1. The van der Waals surface area contributed by atoms with Crippen molar-refractivity contribution in [3.8, 4) is 5.69 Å². The molecule has 7 heteroatoms. The van der Waals surface area contributed by atoms with Gasteiger partial charge < -0.3 is 10.6 Å². The molecule has 1 aliphatic carbocycles. The van der Waals surface area contributed by atoms with Crippen molar-refractivity contribution in [3.05, 3.63) is 30.1 Å². The van der Waals surface area contributed by atoms with E-state index in [9.17, 15) is 4.79 Å². The lowest BCUT2D eigenvalue weighted by molar-refractivity contribution is 0.248. The number of nitrogens with one attached hydrogen (secondary N) is 2. The molecular formula is C14H18N6O. The fourth-order valence-corrected chi connectivity index (χ4v) is 2.58. The summed E-state index contributed by atoms with van der Waals surface area (Å²) in [6.45, 7) is 1.95. The van der Waals surface area contributed by atoms with E-state index in [4.69, 9.17) is 0 Å². The number of carbonyl (C=O) groups is 1. The van der Waals surface area contributed by atoms with Gasteiger partial charge in [-0.3, -0.25) is 0 Å². The Morgan fingerprint density at radius 1 is 1.33 bits per heavy atom. The van der Waals surface area contributed by atoms with Gasteiger partial charge in [-0.15, -0.1) is 5.10 Å². The van der Waals surface area contributed by atoms with Crippen LogP contribution in [0.2, 0.25) is 0 Å². The number of rotatable bonds is 3. The van der Waals surface area contributed by atoms with Crippen molar-refractivity contribution < 1.29 is 4.79 Å². The van der Waals surface area contributed by atoms with Crippen LogP contribution in [0.4, 0.5) is 10.5 Å². The second-order valence-corrected chi connectivity index (χ2v) is 5.33. The first-order chi connectivity index (χ1) is 10.2. The number of hydrogen-bond acceptors (Lipinski definition) is 4. The summed E-state index contributed by atoms with van der Waals surface area (Å²) in [5.74, 6) is 0. The van der Waals surface area contributed by atoms with Crippen molar-refractivity contribution in [1.82, 2.24) is 25.5 Å². The van der Waals surface area contributed by atoms with Gasteiger partial charge in [0, 0.05) is 11.7 Å².